The highest BCUT2D eigenvalue weighted by molar-refractivity contribution is 6.00. The lowest BCUT2D eigenvalue weighted by Crippen LogP contribution is -2.20. The summed E-state index contributed by atoms with van der Waals surface area (Å²) in [6, 6.07) is 2.46. The molecule has 1 N–H and O–H groups in total. The lowest BCUT2D eigenvalue weighted by atomic mass is 10.0. The molecule has 1 aromatic carbocycles. The Balaban J connectivity index is 2.41. The number of nitrogens with one attached hydrogen (secondary N) is 1. The number of carbonyl (C=O) groups excluding carboxylic acids is 2. The molecule has 1 amide bonds. The maximum absolute atomic E-state index is 13.8. The van der Waals surface area contributed by atoms with Gasteiger partial charge in [-0.3, -0.25) is 5.32 Å². The number of fused-ring (bicyclic) bond motifs is 1. The Kier molecular flexibility index (Phi) is 4.35. The molecular formula is C15H17F2NO4. The van der Waals surface area contributed by atoms with Crippen LogP contribution in [0.2, 0.25) is 0 Å². The second kappa shape index (κ2) is 5.90. The van der Waals surface area contributed by atoms with E-state index in [2.05, 4.69) is 10.1 Å². The van der Waals surface area contributed by atoms with Crippen molar-refractivity contribution in [1.29, 1.82) is 0 Å². The lowest BCUT2D eigenvalue weighted by molar-refractivity contribution is -0.00184. The van der Waals surface area contributed by atoms with Crippen LogP contribution in [-0.4, -0.2) is 25.3 Å². The zero-order valence-electron chi connectivity index (χ0n) is 12.5. The maximum atomic E-state index is 13.8. The van der Waals surface area contributed by atoms with E-state index in [1.807, 2.05) is 0 Å². The molecule has 0 spiro atoms. The SMILES string of the molecule is COC(=O)c1cc2c(cc1NC(=O)OC(C)C)C(F)(F)CC2. The standard InChI is InChI=1S/C15H17F2NO4/c1-8(2)22-14(20)18-12-7-11-9(4-5-15(11,16)17)6-10(12)13(19)21-3/h6-8H,4-5H2,1-3H3,(H,18,20). The van der Waals surface area contributed by atoms with E-state index in [0.717, 1.165) is 6.07 Å². The topological polar surface area (TPSA) is 64.6 Å². The molecule has 0 saturated heterocycles. The number of hydrogen-bond acceptors (Lipinski definition) is 4. The monoisotopic (exact) mass is 313 g/mol. The quantitative estimate of drug-likeness (QED) is 0.868. The Hall–Kier alpha value is -2.18. The van der Waals surface area contributed by atoms with Crippen molar-refractivity contribution in [2.45, 2.75) is 38.7 Å². The van der Waals surface area contributed by atoms with Gasteiger partial charge in [-0.25, -0.2) is 18.4 Å². The predicted molar refractivity (Wildman–Crippen MR) is 75.2 cm³/mol. The Bertz CT molecular complexity index is 614. The molecule has 0 saturated carbocycles. The zero-order chi connectivity index (χ0) is 16.5. The molecule has 2 rings (SSSR count). The number of methoxy groups -OCH3 is 1. The average molecular weight is 313 g/mol. The third-order valence-corrected chi connectivity index (χ3v) is 3.33. The smallest absolute Gasteiger partial charge is 0.411 e. The number of rotatable bonds is 3. The van der Waals surface area contributed by atoms with Crippen molar-refractivity contribution < 1.29 is 27.8 Å². The molecule has 1 aliphatic carbocycles. The minimum atomic E-state index is -2.97. The number of hydrogen-bond donors (Lipinski definition) is 1. The first-order chi connectivity index (χ1) is 10.2. The summed E-state index contributed by atoms with van der Waals surface area (Å²) in [4.78, 5) is 23.5. The average Bonchev–Trinajstić information content (AvgIpc) is 2.71. The van der Waals surface area contributed by atoms with Crippen LogP contribution < -0.4 is 5.32 Å². The second-order valence-corrected chi connectivity index (χ2v) is 5.33. The maximum Gasteiger partial charge on any atom is 0.411 e. The van der Waals surface area contributed by atoms with Crippen LogP contribution >= 0.6 is 0 Å². The first-order valence-electron chi connectivity index (χ1n) is 6.85. The number of aryl methyl sites for hydroxylation is 1. The van der Waals surface area contributed by atoms with E-state index in [-0.39, 0.29) is 35.8 Å². The molecule has 22 heavy (non-hydrogen) atoms. The zero-order valence-corrected chi connectivity index (χ0v) is 12.5. The summed E-state index contributed by atoms with van der Waals surface area (Å²) < 4.78 is 37.2. The fourth-order valence-corrected chi connectivity index (χ4v) is 2.35. The molecule has 5 nitrogen and oxygen atoms in total. The number of amides is 1. The van der Waals surface area contributed by atoms with Gasteiger partial charge in [-0.05, 0) is 38.0 Å². The van der Waals surface area contributed by atoms with E-state index < -0.39 is 18.0 Å². The van der Waals surface area contributed by atoms with Crippen molar-refractivity contribution in [2.24, 2.45) is 0 Å². The molecule has 0 radical (unpaired) electrons. The number of carbonyl (C=O) groups is 2. The second-order valence-electron chi connectivity index (χ2n) is 5.33. The fraction of sp³-hybridized carbons (Fsp3) is 0.467. The van der Waals surface area contributed by atoms with Crippen molar-refractivity contribution in [2.75, 3.05) is 12.4 Å². The first-order valence-corrected chi connectivity index (χ1v) is 6.85. The largest absolute Gasteiger partial charge is 0.465 e. The number of ether oxygens (including phenoxy) is 2. The Morgan fingerprint density at radius 3 is 2.59 bits per heavy atom. The van der Waals surface area contributed by atoms with Crippen LogP contribution in [0.1, 0.15) is 41.8 Å². The molecule has 120 valence electrons. The van der Waals surface area contributed by atoms with Gasteiger partial charge in [0.05, 0.1) is 24.5 Å². The summed E-state index contributed by atoms with van der Waals surface area (Å²) >= 11 is 0. The van der Waals surface area contributed by atoms with Gasteiger partial charge >= 0.3 is 12.1 Å². The van der Waals surface area contributed by atoms with E-state index in [9.17, 15) is 18.4 Å². The predicted octanol–water partition coefficient (Wildman–Crippen LogP) is 3.47. The third kappa shape index (κ3) is 3.18. The Labute approximate surface area is 126 Å². The van der Waals surface area contributed by atoms with Crippen LogP contribution in [0.5, 0.6) is 0 Å². The van der Waals surface area contributed by atoms with Gasteiger partial charge in [-0.2, -0.15) is 0 Å². The first kappa shape index (κ1) is 16.2. The van der Waals surface area contributed by atoms with Crippen LogP contribution in [0.25, 0.3) is 0 Å². The molecular weight excluding hydrogens is 296 g/mol. The molecule has 0 heterocycles. The summed E-state index contributed by atoms with van der Waals surface area (Å²) in [6.07, 6.45) is -1.34. The van der Waals surface area contributed by atoms with Crippen LogP contribution in [0.3, 0.4) is 0 Å². The van der Waals surface area contributed by atoms with E-state index in [4.69, 9.17) is 4.74 Å². The highest BCUT2D eigenvalue weighted by Crippen LogP contribution is 2.43. The molecule has 0 fully saturated rings. The van der Waals surface area contributed by atoms with Gasteiger partial charge in [-0.15, -0.1) is 0 Å². The normalized spacial score (nSPS) is 15.4. The van der Waals surface area contributed by atoms with E-state index >= 15 is 0 Å². The molecule has 0 unspecified atom stereocenters. The molecule has 0 bridgehead atoms. The van der Waals surface area contributed by atoms with Crippen molar-refractivity contribution in [1.82, 2.24) is 0 Å². The van der Waals surface area contributed by atoms with E-state index in [1.165, 1.54) is 13.2 Å². The lowest BCUT2D eigenvalue weighted by Gasteiger charge is -2.16. The van der Waals surface area contributed by atoms with Gasteiger partial charge in [-0.1, -0.05) is 0 Å². The van der Waals surface area contributed by atoms with E-state index in [1.54, 1.807) is 13.8 Å². The number of esters is 1. The van der Waals surface area contributed by atoms with Gasteiger partial charge in [0, 0.05) is 12.0 Å². The number of halogens is 2. The summed E-state index contributed by atoms with van der Waals surface area (Å²) in [5.74, 6) is -3.68. The Morgan fingerprint density at radius 2 is 2.00 bits per heavy atom. The fourth-order valence-electron chi connectivity index (χ4n) is 2.35. The minimum absolute atomic E-state index is 0.0275. The summed E-state index contributed by atoms with van der Waals surface area (Å²) in [7, 11) is 1.18. The minimum Gasteiger partial charge on any atom is -0.465 e. The van der Waals surface area contributed by atoms with Gasteiger partial charge in [0.25, 0.3) is 5.92 Å². The van der Waals surface area contributed by atoms with Gasteiger partial charge in [0.1, 0.15) is 0 Å². The molecule has 0 aromatic heterocycles. The van der Waals surface area contributed by atoms with Gasteiger partial charge in [0.15, 0.2) is 0 Å². The van der Waals surface area contributed by atoms with Crippen molar-refractivity contribution in [3.63, 3.8) is 0 Å². The molecule has 1 aliphatic rings. The van der Waals surface area contributed by atoms with Gasteiger partial charge < -0.3 is 9.47 Å². The van der Waals surface area contributed by atoms with Crippen LogP contribution in [0.15, 0.2) is 12.1 Å². The highest BCUT2D eigenvalue weighted by atomic mass is 19.3. The highest BCUT2D eigenvalue weighted by Gasteiger charge is 2.40. The van der Waals surface area contributed by atoms with Crippen molar-refractivity contribution >= 4 is 17.7 Å². The molecule has 0 aliphatic heterocycles. The third-order valence-electron chi connectivity index (χ3n) is 3.33. The van der Waals surface area contributed by atoms with Crippen LogP contribution in [0.4, 0.5) is 19.3 Å². The van der Waals surface area contributed by atoms with Gasteiger partial charge in [0.2, 0.25) is 0 Å². The van der Waals surface area contributed by atoms with E-state index in [0.29, 0.717) is 5.56 Å². The number of benzene rings is 1. The van der Waals surface area contributed by atoms with Crippen LogP contribution in [0, 0.1) is 0 Å². The summed E-state index contributed by atoms with van der Waals surface area (Å²) in [6.45, 7) is 3.30. The molecule has 7 heteroatoms. The summed E-state index contributed by atoms with van der Waals surface area (Å²) in [5.41, 5.74) is 0.186. The number of alkyl halides is 2. The van der Waals surface area contributed by atoms with Crippen LogP contribution in [-0.2, 0) is 21.8 Å². The van der Waals surface area contributed by atoms with Crippen molar-refractivity contribution in [3.8, 4) is 0 Å². The molecule has 0 atom stereocenters. The number of anilines is 1. The molecule has 1 aromatic rings. The van der Waals surface area contributed by atoms with Crippen molar-refractivity contribution in [3.05, 3.63) is 28.8 Å². The Morgan fingerprint density at radius 1 is 1.32 bits per heavy atom. The summed E-state index contributed by atoms with van der Waals surface area (Å²) in [5, 5.41) is 2.33.